The van der Waals surface area contributed by atoms with E-state index in [4.69, 9.17) is 16.3 Å². The molecule has 0 spiro atoms. The number of thiazole rings is 1. The Bertz CT molecular complexity index is 728. The Morgan fingerprint density at radius 1 is 1.15 bits per heavy atom. The Labute approximate surface area is 125 Å². The Balaban J connectivity index is 2.13. The molecule has 100 valence electrons. The summed E-state index contributed by atoms with van der Waals surface area (Å²) in [6.45, 7) is 0. The van der Waals surface area contributed by atoms with Crippen LogP contribution in [0.3, 0.4) is 0 Å². The molecule has 0 radical (unpaired) electrons. The first-order chi connectivity index (χ1) is 9.79. The molecular formula is C15H11ClN2OS. The number of benzene rings is 1. The van der Waals surface area contributed by atoms with Gasteiger partial charge in [-0.1, -0.05) is 35.9 Å². The van der Waals surface area contributed by atoms with Gasteiger partial charge in [-0.15, -0.1) is 11.3 Å². The molecule has 0 aliphatic heterocycles. The molecule has 5 heteroatoms. The number of ether oxygens (including phenoxy) is 1. The largest absolute Gasteiger partial charge is 0.480 e. The van der Waals surface area contributed by atoms with Gasteiger partial charge in [0, 0.05) is 22.7 Å². The second-order valence-electron chi connectivity index (χ2n) is 4.13. The van der Waals surface area contributed by atoms with Crippen molar-refractivity contribution in [2.75, 3.05) is 7.11 Å². The summed E-state index contributed by atoms with van der Waals surface area (Å²) < 4.78 is 5.08. The van der Waals surface area contributed by atoms with Gasteiger partial charge in [0.05, 0.1) is 18.3 Å². The van der Waals surface area contributed by atoms with Gasteiger partial charge in [0.1, 0.15) is 5.02 Å². The van der Waals surface area contributed by atoms with Gasteiger partial charge in [-0.3, -0.25) is 0 Å². The number of rotatable bonds is 3. The molecule has 2 aromatic heterocycles. The topological polar surface area (TPSA) is 35.0 Å². The van der Waals surface area contributed by atoms with E-state index in [0.29, 0.717) is 10.9 Å². The van der Waals surface area contributed by atoms with Crippen LogP contribution in [0.1, 0.15) is 0 Å². The lowest BCUT2D eigenvalue weighted by Gasteiger charge is -2.09. The molecule has 0 atom stereocenters. The van der Waals surface area contributed by atoms with Gasteiger partial charge in [0.25, 0.3) is 0 Å². The number of aromatic nitrogens is 2. The van der Waals surface area contributed by atoms with Crippen LogP contribution in [0.25, 0.3) is 22.4 Å². The Morgan fingerprint density at radius 2 is 1.95 bits per heavy atom. The third-order valence-corrected chi connectivity index (χ3v) is 3.80. The van der Waals surface area contributed by atoms with Crippen molar-refractivity contribution in [3.63, 3.8) is 0 Å². The second-order valence-corrected chi connectivity index (χ2v) is 5.26. The average Bonchev–Trinajstić information content (AvgIpc) is 3.01. The van der Waals surface area contributed by atoms with Crippen LogP contribution in [-0.2, 0) is 0 Å². The summed E-state index contributed by atoms with van der Waals surface area (Å²) in [7, 11) is 1.55. The smallest absolute Gasteiger partial charge is 0.232 e. The third-order valence-electron chi connectivity index (χ3n) is 2.95. The lowest BCUT2D eigenvalue weighted by Crippen LogP contribution is -1.91. The lowest BCUT2D eigenvalue weighted by molar-refractivity contribution is 0.398. The fourth-order valence-electron chi connectivity index (χ4n) is 2.03. The van der Waals surface area contributed by atoms with E-state index in [-0.39, 0.29) is 0 Å². The summed E-state index contributed by atoms with van der Waals surface area (Å²) in [5.74, 6) is 0.432. The molecule has 0 saturated carbocycles. The van der Waals surface area contributed by atoms with E-state index >= 15 is 0 Å². The first kappa shape index (κ1) is 13.1. The van der Waals surface area contributed by atoms with Crippen LogP contribution in [0.15, 0.2) is 47.4 Å². The van der Waals surface area contributed by atoms with E-state index in [1.165, 1.54) is 0 Å². The molecule has 20 heavy (non-hydrogen) atoms. The van der Waals surface area contributed by atoms with Crippen molar-refractivity contribution in [3.8, 4) is 28.3 Å². The Hall–Kier alpha value is -1.91. The Kier molecular flexibility index (Phi) is 3.67. The highest BCUT2D eigenvalue weighted by Gasteiger charge is 2.11. The predicted octanol–water partition coefficient (Wildman–Crippen LogP) is 4.53. The van der Waals surface area contributed by atoms with E-state index < -0.39 is 0 Å². The van der Waals surface area contributed by atoms with Crippen molar-refractivity contribution in [1.82, 2.24) is 9.97 Å². The fraction of sp³-hybridized carbons (Fsp3) is 0.0667. The molecule has 0 N–H and O–H groups in total. The normalized spacial score (nSPS) is 10.5. The predicted molar refractivity (Wildman–Crippen MR) is 82.3 cm³/mol. The molecule has 0 fully saturated rings. The van der Waals surface area contributed by atoms with E-state index in [0.717, 1.165) is 22.4 Å². The molecule has 2 heterocycles. The quantitative estimate of drug-likeness (QED) is 0.713. The minimum atomic E-state index is 0.432. The molecular weight excluding hydrogens is 292 g/mol. The van der Waals surface area contributed by atoms with E-state index in [9.17, 15) is 0 Å². The number of pyridine rings is 1. The van der Waals surface area contributed by atoms with Gasteiger partial charge in [-0.25, -0.2) is 9.97 Å². The van der Waals surface area contributed by atoms with Crippen LogP contribution < -0.4 is 4.74 Å². The number of nitrogens with zero attached hydrogens (tertiary/aromatic N) is 2. The zero-order valence-corrected chi connectivity index (χ0v) is 12.3. The maximum absolute atomic E-state index is 6.16. The zero-order chi connectivity index (χ0) is 13.9. The molecule has 0 aliphatic carbocycles. The average molecular weight is 303 g/mol. The van der Waals surface area contributed by atoms with Gasteiger partial charge >= 0.3 is 0 Å². The number of hydrogen-bond acceptors (Lipinski definition) is 4. The first-order valence-electron chi connectivity index (χ1n) is 5.97. The molecule has 0 bridgehead atoms. The summed E-state index contributed by atoms with van der Waals surface area (Å²) in [5.41, 5.74) is 5.84. The first-order valence-corrected chi connectivity index (χ1v) is 7.29. The maximum atomic E-state index is 6.16. The molecule has 1 aromatic carbocycles. The van der Waals surface area contributed by atoms with E-state index in [1.807, 2.05) is 41.2 Å². The van der Waals surface area contributed by atoms with Gasteiger partial charge in [0.2, 0.25) is 5.88 Å². The summed E-state index contributed by atoms with van der Waals surface area (Å²) in [6, 6.07) is 9.93. The van der Waals surface area contributed by atoms with Gasteiger partial charge < -0.3 is 4.74 Å². The molecule has 3 aromatic rings. The highest BCUT2D eigenvalue weighted by Crippen LogP contribution is 2.34. The van der Waals surface area contributed by atoms with Gasteiger partial charge in [-0.05, 0) is 11.6 Å². The lowest BCUT2D eigenvalue weighted by atomic mass is 9.99. The van der Waals surface area contributed by atoms with Gasteiger partial charge in [0.15, 0.2) is 0 Å². The van der Waals surface area contributed by atoms with Crippen LogP contribution >= 0.6 is 22.9 Å². The minimum Gasteiger partial charge on any atom is -0.480 e. The molecule has 0 unspecified atom stereocenters. The molecule has 3 rings (SSSR count). The van der Waals surface area contributed by atoms with Crippen molar-refractivity contribution in [1.29, 1.82) is 0 Å². The Morgan fingerprint density at radius 3 is 2.60 bits per heavy atom. The van der Waals surface area contributed by atoms with Crippen LogP contribution in [-0.4, -0.2) is 17.1 Å². The van der Waals surface area contributed by atoms with Gasteiger partial charge in [-0.2, -0.15) is 0 Å². The summed E-state index contributed by atoms with van der Waals surface area (Å²) in [5, 5.41) is 2.52. The SMILES string of the molecule is COc1ncc(-c2ccccc2-c2cscn2)cc1Cl. The van der Waals surface area contributed by atoms with Crippen molar-refractivity contribution in [2.45, 2.75) is 0 Å². The number of hydrogen-bond donors (Lipinski definition) is 0. The van der Waals surface area contributed by atoms with Crippen molar-refractivity contribution in [3.05, 3.63) is 52.4 Å². The highest BCUT2D eigenvalue weighted by atomic mass is 35.5. The summed E-state index contributed by atoms with van der Waals surface area (Å²) >= 11 is 7.73. The molecule has 0 saturated heterocycles. The van der Waals surface area contributed by atoms with E-state index in [1.54, 1.807) is 24.6 Å². The number of halogens is 1. The molecule has 3 nitrogen and oxygen atoms in total. The standard InChI is InChI=1S/C15H11ClN2OS/c1-19-15-13(16)6-10(7-17-15)11-4-2-3-5-12(11)14-8-20-9-18-14/h2-9H,1H3. The van der Waals surface area contributed by atoms with Crippen LogP contribution in [0.4, 0.5) is 0 Å². The molecule has 0 aliphatic rings. The highest BCUT2D eigenvalue weighted by molar-refractivity contribution is 7.07. The van der Waals surface area contributed by atoms with Crippen LogP contribution in [0, 0.1) is 0 Å². The van der Waals surface area contributed by atoms with Crippen LogP contribution in [0.5, 0.6) is 5.88 Å². The summed E-state index contributed by atoms with van der Waals surface area (Å²) in [6.07, 6.45) is 1.76. The van der Waals surface area contributed by atoms with E-state index in [2.05, 4.69) is 9.97 Å². The molecule has 0 amide bonds. The number of methoxy groups -OCH3 is 1. The fourth-order valence-corrected chi connectivity index (χ4v) is 2.82. The van der Waals surface area contributed by atoms with Crippen molar-refractivity contribution in [2.24, 2.45) is 0 Å². The van der Waals surface area contributed by atoms with Crippen molar-refractivity contribution >= 4 is 22.9 Å². The second kappa shape index (κ2) is 5.61. The maximum Gasteiger partial charge on any atom is 0.232 e. The zero-order valence-electron chi connectivity index (χ0n) is 10.7. The summed E-state index contributed by atoms with van der Waals surface area (Å²) in [4.78, 5) is 8.59. The monoisotopic (exact) mass is 302 g/mol. The minimum absolute atomic E-state index is 0.432. The van der Waals surface area contributed by atoms with Crippen molar-refractivity contribution < 1.29 is 4.74 Å². The third kappa shape index (κ3) is 2.40. The van der Waals surface area contributed by atoms with Crippen LogP contribution in [0.2, 0.25) is 5.02 Å².